The Morgan fingerprint density at radius 3 is 2.61 bits per heavy atom. The molecule has 0 aliphatic heterocycles. The van der Waals surface area contributed by atoms with Crippen LogP contribution in [0.25, 0.3) is 11.0 Å². The molecule has 2 heterocycles. The summed E-state index contributed by atoms with van der Waals surface area (Å²) < 4.78 is 7.30. The maximum atomic E-state index is 10.6. The van der Waals surface area contributed by atoms with Crippen LogP contribution in [0.2, 0.25) is 0 Å². The van der Waals surface area contributed by atoms with Gasteiger partial charge in [-0.3, -0.25) is 0 Å². The minimum absolute atomic E-state index is 0.155. The zero-order valence-electron chi connectivity index (χ0n) is 11.9. The Balaban J connectivity index is 1.82. The molecule has 0 unspecified atom stereocenters. The fourth-order valence-electron chi connectivity index (χ4n) is 2.16. The van der Waals surface area contributed by atoms with E-state index in [1.807, 2.05) is 24.3 Å². The number of benzene rings is 1. The first-order chi connectivity index (χ1) is 11.0. The highest BCUT2D eigenvalue weighted by Gasteiger charge is 2.13. The Morgan fingerprint density at radius 1 is 1.22 bits per heavy atom. The van der Waals surface area contributed by atoms with E-state index in [0.29, 0.717) is 18.0 Å². The number of carbonyl (C=O) groups is 1. The summed E-state index contributed by atoms with van der Waals surface area (Å²) in [6.07, 6.45) is 0.639. The number of hydrogen-bond acceptors (Lipinski definition) is 6. The highest BCUT2D eigenvalue weighted by Crippen LogP contribution is 2.23. The van der Waals surface area contributed by atoms with Gasteiger partial charge in [0, 0.05) is 0 Å². The van der Waals surface area contributed by atoms with Gasteiger partial charge in [0.1, 0.15) is 22.5 Å². The number of anilines is 1. The van der Waals surface area contributed by atoms with Crippen LogP contribution in [0.3, 0.4) is 0 Å². The Bertz CT molecular complexity index is 862. The van der Waals surface area contributed by atoms with Crippen molar-refractivity contribution in [2.75, 3.05) is 5.73 Å². The first-order valence-electron chi connectivity index (χ1n) is 6.67. The lowest BCUT2D eigenvalue weighted by atomic mass is 10.1. The van der Waals surface area contributed by atoms with Crippen LogP contribution in [0.15, 0.2) is 30.6 Å². The van der Waals surface area contributed by atoms with Crippen LogP contribution in [0.1, 0.15) is 11.1 Å². The average molecular weight is 424 g/mol. The van der Waals surface area contributed by atoms with Gasteiger partial charge in [-0.2, -0.15) is 5.10 Å². The van der Waals surface area contributed by atoms with Gasteiger partial charge in [-0.05, 0) is 33.7 Å². The lowest BCUT2D eigenvalue weighted by Gasteiger charge is -2.05. The first kappa shape index (κ1) is 15.5. The molecule has 23 heavy (non-hydrogen) atoms. The predicted octanol–water partition coefficient (Wildman–Crippen LogP) is 1.66. The third kappa shape index (κ3) is 3.33. The number of nitrogens with zero attached hydrogens (tertiary/aromatic N) is 4. The number of hydrogen-bond donors (Lipinski definition) is 2. The Labute approximate surface area is 145 Å². The summed E-state index contributed by atoms with van der Waals surface area (Å²) in [5.74, 6) is 0.421. The molecule has 1 aromatic carbocycles. The maximum Gasteiger partial charge on any atom is 0.404 e. The molecule has 118 valence electrons. The van der Waals surface area contributed by atoms with Crippen LogP contribution < -0.4 is 11.5 Å². The molecule has 9 heteroatoms. The third-order valence-corrected chi connectivity index (χ3v) is 4.01. The van der Waals surface area contributed by atoms with Crippen molar-refractivity contribution >= 4 is 45.5 Å². The van der Waals surface area contributed by atoms with E-state index in [1.165, 1.54) is 6.33 Å². The fraction of sp³-hybridized carbons (Fsp3) is 0.143. The number of rotatable bonds is 4. The SMILES string of the molecule is NC(=O)OCc1ccc(Cn2nc(I)c3c(N)ncnc32)cc1. The molecule has 3 aromatic rings. The number of halogens is 1. The van der Waals surface area contributed by atoms with E-state index in [9.17, 15) is 4.79 Å². The molecule has 0 spiro atoms. The molecule has 8 nitrogen and oxygen atoms in total. The second-order valence-electron chi connectivity index (χ2n) is 4.83. The molecule has 0 radical (unpaired) electrons. The summed E-state index contributed by atoms with van der Waals surface area (Å²) in [5.41, 5.74) is 13.4. The minimum atomic E-state index is -0.788. The Kier molecular flexibility index (Phi) is 4.28. The van der Waals surface area contributed by atoms with Crippen molar-refractivity contribution in [3.8, 4) is 0 Å². The Morgan fingerprint density at radius 2 is 1.91 bits per heavy atom. The smallest absolute Gasteiger partial charge is 0.404 e. The van der Waals surface area contributed by atoms with E-state index in [0.717, 1.165) is 20.2 Å². The standard InChI is InChI=1S/C14H13IN6O2/c15-11-10-12(16)18-7-19-13(10)21(20-11)5-8-1-3-9(4-2-8)6-23-14(17)22/h1-4,7H,5-6H2,(H2,17,22)(H2,16,18,19). The van der Waals surface area contributed by atoms with E-state index in [-0.39, 0.29) is 6.61 Å². The normalized spacial score (nSPS) is 10.8. The van der Waals surface area contributed by atoms with Crippen molar-refractivity contribution in [2.45, 2.75) is 13.2 Å². The van der Waals surface area contributed by atoms with Crippen LogP contribution in [0, 0.1) is 3.70 Å². The number of amides is 1. The molecule has 0 atom stereocenters. The number of nitrogen functional groups attached to an aromatic ring is 1. The van der Waals surface area contributed by atoms with Crippen molar-refractivity contribution in [3.05, 3.63) is 45.4 Å². The summed E-state index contributed by atoms with van der Waals surface area (Å²) in [5, 5.41) is 5.23. The van der Waals surface area contributed by atoms with Crippen LogP contribution in [-0.2, 0) is 17.9 Å². The number of carbonyl (C=O) groups excluding carboxylic acids is 1. The topological polar surface area (TPSA) is 122 Å². The predicted molar refractivity (Wildman–Crippen MR) is 92.4 cm³/mol. The van der Waals surface area contributed by atoms with Gasteiger partial charge in [-0.15, -0.1) is 0 Å². The molecule has 3 rings (SSSR count). The van der Waals surface area contributed by atoms with E-state index < -0.39 is 6.09 Å². The molecule has 0 saturated heterocycles. The third-order valence-electron chi connectivity index (χ3n) is 3.25. The molecule has 0 aliphatic rings. The van der Waals surface area contributed by atoms with Gasteiger partial charge in [0.25, 0.3) is 0 Å². The van der Waals surface area contributed by atoms with Gasteiger partial charge in [0.15, 0.2) is 5.65 Å². The Hall–Kier alpha value is -2.43. The lowest BCUT2D eigenvalue weighted by Crippen LogP contribution is -2.12. The molecular formula is C14H13IN6O2. The number of aromatic nitrogens is 4. The minimum Gasteiger partial charge on any atom is -0.445 e. The van der Waals surface area contributed by atoms with Crippen molar-refractivity contribution in [2.24, 2.45) is 5.73 Å². The van der Waals surface area contributed by atoms with Crippen LogP contribution in [0.5, 0.6) is 0 Å². The summed E-state index contributed by atoms with van der Waals surface area (Å²) >= 11 is 2.12. The van der Waals surface area contributed by atoms with Crippen molar-refractivity contribution < 1.29 is 9.53 Å². The van der Waals surface area contributed by atoms with Crippen LogP contribution >= 0.6 is 22.6 Å². The average Bonchev–Trinajstić information content (AvgIpc) is 2.84. The molecule has 1 amide bonds. The first-order valence-corrected chi connectivity index (χ1v) is 7.75. The van der Waals surface area contributed by atoms with Crippen molar-refractivity contribution in [1.29, 1.82) is 0 Å². The zero-order chi connectivity index (χ0) is 16.4. The summed E-state index contributed by atoms with van der Waals surface area (Å²) in [6, 6.07) is 7.62. The lowest BCUT2D eigenvalue weighted by molar-refractivity contribution is 0.150. The number of ether oxygens (including phenoxy) is 1. The van der Waals surface area contributed by atoms with Crippen LogP contribution in [0.4, 0.5) is 10.6 Å². The fourth-order valence-corrected chi connectivity index (χ4v) is 2.94. The maximum absolute atomic E-state index is 10.6. The highest BCUT2D eigenvalue weighted by atomic mass is 127. The number of nitrogens with two attached hydrogens (primary N) is 2. The molecule has 2 aromatic heterocycles. The second kappa shape index (κ2) is 6.36. The zero-order valence-corrected chi connectivity index (χ0v) is 14.1. The monoisotopic (exact) mass is 424 g/mol. The molecule has 0 aliphatic carbocycles. The van der Waals surface area contributed by atoms with E-state index >= 15 is 0 Å². The highest BCUT2D eigenvalue weighted by molar-refractivity contribution is 14.1. The van der Waals surface area contributed by atoms with Crippen LogP contribution in [-0.4, -0.2) is 25.8 Å². The quantitative estimate of drug-likeness (QED) is 0.615. The molecular weight excluding hydrogens is 411 g/mol. The molecule has 0 saturated carbocycles. The van der Waals surface area contributed by atoms with E-state index in [2.05, 4.69) is 37.7 Å². The van der Waals surface area contributed by atoms with Gasteiger partial charge in [0.05, 0.1) is 11.9 Å². The van der Waals surface area contributed by atoms with Crippen molar-refractivity contribution in [1.82, 2.24) is 19.7 Å². The van der Waals surface area contributed by atoms with E-state index in [4.69, 9.17) is 16.2 Å². The molecule has 4 N–H and O–H groups in total. The summed E-state index contributed by atoms with van der Waals surface area (Å²) in [6.45, 7) is 0.703. The largest absolute Gasteiger partial charge is 0.445 e. The number of fused-ring (bicyclic) bond motifs is 1. The van der Waals surface area contributed by atoms with Gasteiger partial charge in [-0.25, -0.2) is 19.4 Å². The molecule has 0 fully saturated rings. The van der Waals surface area contributed by atoms with Gasteiger partial charge < -0.3 is 16.2 Å². The molecule has 0 bridgehead atoms. The van der Waals surface area contributed by atoms with E-state index in [1.54, 1.807) is 4.68 Å². The van der Waals surface area contributed by atoms with Crippen molar-refractivity contribution in [3.63, 3.8) is 0 Å². The second-order valence-corrected chi connectivity index (χ2v) is 5.85. The number of primary amides is 1. The van der Waals surface area contributed by atoms with Gasteiger partial charge in [-0.1, -0.05) is 24.3 Å². The van der Waals surface area contributed by atoms with Gasteiger partial charge in [0.2, 0.25) is 0 Å². The summed E-state index contributed by atoms with van der Waals surface area (Å²) in [4.78, 5) is 18.9. The summed E-state index contributed by atoms with van der Waals surface area (Å²) in [7, 11) is 0. The van der Waals surface area contributed by atoms with Gasteiger partial charge >= 0.3 is 6.09 Å².